The molecular formula is C12H15BrO2. The fraction of sp³-hybridized carbons (Fsp3) is 0.500. The first kappa shape index (κ1) is 11.0. The molecule has 1 N–H and O–H groups in total. The van der Waals surface area contributed by atoms with Crippen molar-refractivity contribution in [2.75, 3.05) is 6.61 Å². The molecule has 15 heavy (non-hydrogen) atoms. The average molecular weight is 271 g/mol. The summed E-state index contributed by atoms with van der Waals surface area (Å²) in [5, 5.41) is 9.58. The predicted octanol–water partition coefficient (Wildman–Crippen LogP) is 3.29. The molecule has 0 heterocycles. The first-order valence-electron chi connectivity index (χ1n) is 5.27. The third-order valence-electron chi connectivity index (χ3n) is 2.60. The quantitative estimate of drug-likeness (QED) is 0.910. The van der Waals surface area contributed by atoms with Gasteiger partial charge in [-0.05, 0) is 37.8 Å². The largest absolute Gasteiger partial charge is 0.493 e. The molecule has 0 saturated heterocycles. The summed E-state index contributed by atoms with van der Waals surface area (Å²) in [5.74, 6) is 1.53. The van der Waals surface area contributed by atoms with Gasteiger partial charge in [-0.1, -0.05) is 22.0 Å². The minimum Gasteiger partial charge on any atom is -0.493 e. The van der Waals surface area contributed by atoms with Crippen molar-refractivity contribution in [3.63, 3.8) is 0 Å². The van der Waals surface area contributed by atoms with Gasteiger partial charge in [0.15, 0.2) is 0 Å². The van der Waals surface area contributed by atoms with Crippen LogP contribution in [-0.4, -0.2) is 11.7 Å². The Morgan fingerprint density at radius 3 is 2.87 bits per heavy atom. The number of rotatable bonds is 4. The van der Waals surface area contributed by atoms with E-state index < -0.39 is 6.10 Å². The lowest BCUT2D eigenvalue weighted by Gasteiger charge is -2.13. The van der Waals surface area contributed by atoms with E-state index in [9.17, 15) is 5.11 Å². The molecule has 2 rings (SSSR count). The SMILES string of the molecule is CC(O)c1ccc(Br)cc1OCC1CC1. The predicted molar refractivity (Wildman–Crippen MR) is 63.0 cm³/mol. The molecule has 82 valence electrons. The summed E-state index contributed by atoms with van der Waals surface area (Å²) < 4.78 is 6.70. The molecule has 0 bridgehead atoms. The van der Waals surface area contributed by atoms with E-state index >= 15 is 0 Å². The van der Waals surface area contributed by atoms with Crippen LogP contribution in [0.2, 0.25) is 0 Å². The Morgan fingerprint density at radius 1 is 1.53 bits per heavy atom. The molecule has 1 aliphatic carbocycles. The summed E-state index contributed by atoms with van der Waals surface area (Å²) in [4.78, 5) is 0. The van der Waals surface area contributed by atoms with E-state index in [0.29, 0.717) is 0 Å². The van der Waals surface area contributed by atoms with Crippen LogP contribution in [0.25, 0.3) is 0 Å². The molecule has 1 atom stereocenters. The molecule has 3 heteroatoms. The molecule has 1 saturated carbocycles. The molecule has 1 unspecified atom stereocenters. The summed E-state index contributed by atoms with van der Waals surface area (Å²) in [5.41, 5.74) is 0.860. The number of halogens is 1. The lowest BCUT2D eigenvalue weighted by Crippen LogP contribution is -2.03. The van der Waals surface area contributed by atoms with Crippen molar-refractivity contribution in [3.8, 4) is 5.75 Å². The van der Waals surface area contributed by atoms with Gasteiger partial charge >= 0.3 is 0 Å². The zero-order chi connectivity index (χ0) is 10.8. The Balaban J connectivity index is 2.13. The van der Waals surface area contributed by atoms with Gasteiger partial charge in [0.05, 0.1) is 12.7 Å². The lowest BCUT2D eigenvalue weighted by molar-refractivity contribution is 0.190. The van der Waals surface area contributed by atoms with Crippen molar-refractivity contribution < 1.29 is 9.84 Å². The van der Waals surface area contributed by atoms with Crippen molar-refractivity contribution in [1.29, 1.82) is 0 Å². The highest BCUT2D eigenvalue weighted by Gasteiger charge is 2.22. The van der Waals surface area contributed by atoms with Crippen molar-refractivity contribution in [3.05, 3.63) is 28.2 Å². The molecule has 1 aromatic rings. The second kappa shape index (κ2) is 4.54. The van der Waals surface area contributed by atoms with Crippen molar-refractivity contribution in [2.45, 2.75) is 25.9 Å². The molecule has 0 radical (unpaired) electrons. The van der Waals surface area contributed by atoms with Crippen LogP contribution in [-0.2, 0) is 0 Å². The van der Waals surface area contributed by atoms with Crippen LogP contribution in [0.1, 0.15) is 31.4 Å². The molecule has 1 aromatic carbocycles. The first-order chi connectivity index (χ1) is 7.16. The second-order valence-electron chi connectivity index (χ2n) is 4.11. The second-order valence-corrected chi connectivity index (χ2v) is 5.03. The van der Waals surface area contributed by atoms with Crippen LogP contribution in [0.4, 0.5) is 0 Å². The van der Waals surface area contributed by atoms with E-state index in [1.54, 1.807) is 6.92 Å². The van der Waals surface area contributed by atoms with Crippen LogP contribution < -0.4 is 4.74 Å². The Bertz CT molecular complexity index is 345. The maximum Gasteiger partial charge on any atom is 0.126 e. The van der Waals surface area contributed by atoms with Gasteiger partial charge in [-0.3, -0.25) is 0 Å². The molecule has 0 spiro atoms. The third-order valence-corrected chi connectivity index (χ3v) is 3.09. The zero-order valence-electron chi connectivity index (χ0n) is 8.74. The monoisotopic (exact) mass is 270 g/mol. The summed E-state index contributed by atoms with van der Waals surface area (Å²) >= 11 is 3.41. The molecule has 1 fully saturated rings. The molecular weight excluding hydrogens is 256 g/mol. The van der Waals surface area contributed by atoms with Crippen LogP contribution in [0.5, 0.6) is 5.75 Å². The Labute approximate surface area is 98.4 Å². The minimum atomic E-state index is -0.479. The maximum atomic E-state index is 9.58. The Kier molecular flexibility index (Phi) is 3.32. The highest BCUT2D eigenvalue weighted by Crippen LogP contribution is 2.33. The van der Waals surface area contributed by atoms with Crippen molar-refractivity contribution in [2.24, 2.45) is 5.92 Å². The first-order valence-corrected chi connectivity index (χ1v) is 6.06. The molecule has 0 aromatic heterocycles. The van der Waals surface area contributed by atoms with Gasteiger partial charge in [-0.2, -0.15) is 0 Å². The minimum absolute atomic E-state index is 0.479. The van der Waals surface area contributed by atoms with Crippen LogP contribution in [0.3, 0.4) is 0 Å². The van der Waals surface area contributed by atoms with E-state index in [4.69, 9.17) is 4.74 Å². The molecule has 0 aliphatic heterocycles. The fourth-order valence-electron chi connectivity index (χ4n) is 1.47. The van der Waals surface area contributed by atoms with Crippen LogP contribution in [0.15, 0.2) is 22.7 Å². The Morgan fingerprint density at radius 2 is 2.27 bits per heavy atom. The van der Waals surface area contributed by atoms with Gasteiger partial charge < -0.3 is 9.84 Å². The van der Waals surface area contributed by atoms with Crippen molar-refractivity contribution in [1.82, 2.24) is 0 Å². The van der Waals surface area contributed by atoms with Gasteiger partial charge in [0.2, 0.25) is 0 Å². The van der Waals surface area contributed by atoms with E-state index in [-0.39, 0.29) is 0 Å². The molecule has 2 nitrogen and oxygen atoms in total. The Hall–Kier alpha value is -0.540. The normalized spacial score (nSPS) is 17.5. The van der Waals surface area contributed by atoms with E-state index in [1.165, 1.54) is 12.8 Å². The zero-order valence-corrected chi connectivity index (χ0v) is 10.3. The van der Waals surface area contributed by atoms with E-state index in [2.05, 4.69) is 15.9 Å². The number of hydrogen-bond donors (Lipinski definition) is 1. The lowest BCUT2D eigenvalue weighted by atomic mass is 10.1. The molecule has 0 amide bonds. The van der Waals surface area contributed by atoms with Gasteiger partial charge in [-0.15, -0.1) is 0 Å². The van der Waals surface area contributed by atoms with E-state index in [0.717, 1.165) is 28.3 Å². The van der Waals surface area contributed by atoms with Crippen molar-refractivity contribution >= 4 is 15.9 Å². The van der Waals surface area contributed by atoms with Crippen LogP contribution >= 0.6 is 15.9 Å². The summed E-state index contributed by atoms with van der Waals surface area (Å²) in [7, 11) is 0. The third kappa shape index (κ3) is 2.95. The topological polar surface area (TPSA) is 29.5 Å². The average Bonchev–Trinajstić information content (AvgIpc) is 2.97. The smallest absolute Gasteiger partial charge is 0.126 e. The van der Waals surface area contributed by atoms with Gasteiger partial charge in [0, 0.05) is 10.0 Å². The number of aliphatic hydroxyl groups excluding tert-OH is 1. The standard InChI is InChI=1S/C12H15BrO2/c1-8(14)11-5-4-10(13)6-12(11)15-7-9-2-3-9/h4-6,8-9,14H,2-3,7H2,1H3. The number of benzene rings is 1. The highest BCUT2D eigenvalue weighted by molar-refractivity contribution is 9.10. The van der Waals surface area contributed by atoms with Gasteiger partial charge in [0.25, 0.3) is 0 Å². The highest BCUT2D eigenvalue weighted by atomic mass is 79.9. The number of hydrogen-bond acceptors (Lipinski definition) is 2. The number of aliphatic hydroxyl groups is 1. The van der Waals surface area contributed by atoms with Crippen LogP contribution in [0, 0.1) is 5.92 Å². The van der Waals surface area contributed by atoms with Gasteiger partial charge in [0.1, 0.15) is 5.75 Å². The van der Waals surface area contributed by atoms with E-state index in [1.807, 2.05) is 18.2 Å². The fourth-order valence-corrected chi connectivity index (χ4v) is 1.81. The summed E-state index contributed by atoms with van der Waals surface area (Å²) in [6, 6.07) is 5.74. The molecule has 1 aliphatic rings. The van der Waals surface area contributed by atoms with Gasteiger partial charge in [-0.25, -0.2) is 0 Å². The number of ether oxygens (including phenoxy) is 1. The summed E-state index contributed by atoms with van der Waals surface area (Å²) in [6.45, 7) is 2.53. The maximum absolute atomic E-state index is 9.58. The summed E-state index contributed by atoms with van der Waals surface area (Å²) in [6.07, 6.45) is 2.07.